The number of carbonyl (C=O) groups excluding carboxylic acids is 1. The Bertz CT molecular complexity index is 1500. The molecule has 11 heteroatoms. The number of rotatable bonds is 7. The lowest BCUT2D eigenvalue weighted by Crippen LogP contribution is -2.32. The van der Waals surface area contributed by atoms with Crippen molar-refractivity contribution in [3.8, 4) is 0 Å². The summed E-state index contributed by atoms with van der Waals surface area (Å²) in [5, 5.41) is 2.76. The molecule has 0 bridgehead atoms. The van der Waals surface area contributed by atoms with E-state index in [-0.39, 0.29) is 20.4 Å². The van der Waals surface area contributed by atoms with E-state index in [4.69, 9.17) is 11.6 Å². The Labute approximate surface area is 222 Å². The number of amides is 1. The van der Waals surface area contributed by atoms with Crippen LogP contribution in [0.1, 0.15) is 41.6 Å². The second kappa shape index (κ2) is 11.2. The molecule has 0 atom stereocenters. The minimum Gasteiger partial charge on any atom is -0.322 e. The summed E-state index contributed by atoms with van der Waals surface area (Å²) in [6.07, 6.45) is 3.57. The van der Waals surface area contributed by atoms with Crippen LogP contribution in [0, 0.1) is 6.92 Å². The van der Waals surface area contributed by atoms with Crippen LogP contribution < -0.4 is 10.0 Å². The summed E-state index contributed by atoms with van der Waals surface area (Å²) in [5.41, 5.74) is 1.60. The number of nitrogens with one attached hydrogen (secondary N) is 2. The topological polar surface area (TPSA) is 113 Å². The van der Waals surface area contributed by atoms with Gasteiger partial charge in [-0.05, 0) is 73.9 Å². The van der Waals surface area contributed by atoms with E-state index in [0.717, 1.165) is 31.2 Å². The molecular formula is C26H28ClN3O5S2. The highest BCUT2D eigenvalue weighted by molar-refractivity contribution is 7.92. The predicted molar refractivity (Wildman–Crippen MR) is 145 cm³/mol. The van der Waals surface area contributed by atoms with Crippen LogP contribution in [0.4, 0.5) is 11.4 Å². The second-order valence-electron chi connectivity index (χ2n) is 8.86. The molecule has 0 unspecified atom stereocenters. The van der Waals surface area contributed by atoms with Crippen LogP contribution >= 0.6 is 11.6 Å². The Morgan fingerprint density at radius 2 is 1.46 bits per heavy atom. The molecule has 37 heavy (non-hydrogen) atoms. The van der Waals surface area contributed by atoms with Crippen molar-refractivity contribution < 1.29 is 21.6 Å². The van der Waals surface area contributed by atoms with Gasteiger partial charge in [-0.3, -0.25) is 9.52 Å². The standard InChI is InChI=1S/C26H28ClN3O5S2/c1-19-8-4-5-9-25(19)29-36(32,33)21-12-10-20(11-13-21)28-26(31)23-18-22(14-15-24(23)27)37(34,35)30-16-6-2-3-7-17-30/h4-5,8-15,18,29H,2-3,6-7,16-17H2,1H3,(H,28,31). The summed E-state index contributed by atoms with van der Waals surface area (Å²) < 4.78 is 55.8. The number of halogens is 1. The maximum Gasteiger partial charge on any atom is 0.261 e. The number of carbonyl (C=O) groups is 1. The van der Waals surface area contributed by atoms with E-state index in [0.29, 0.717) is 24.5 Å². The lowest BCUT2D eigenvalue weighted by molar-refractivity contribution is 0.102. The Balaban J connectivity index is 1.51. The average Bonchev–Trinajstić information content (AvgIpc) is 3.16. The van der Waals surface area contributed by atoms with Crippen LogP contribution in [0.3, 0.4) is 0 Å². The van der Waals surface area contributed by atoms with Crippen molar-refractivity contribution in [2.24, 2.45) is 0 Å². The normalized spacial score (nSPS) is 15.1. The molecule has 0 saturated carbocycles. The number of hydrogen-bond acceptors (Lipinski definition) is 5. The SMILES string of the molecule is Cc1ccccc1NS(=O)(=O)c1ccc(NC(=O)c2cc(S(=O)(=O)N3CCCCCC3)ccc2Cl)cc1. The number of sulfonamides is 2. The molecule has 3 aromatic carbocycles. The molecule has 1 aliphatic rings. The number of benzene rings is 3. The van der Waals surface area contributed by atoms with Crippen molar-refractivity contribution in [2.75, 3.05) is 23.1 Å². The van der Waals surface area contributed by atoms with Gasteiger partial charge >= 0.3 is 0 Å². The van der Waals surface area contributed by atoms with E-state index in [2.05, 4.69) is 10.0 Å². The molecule has 1 amide bonds. The third-order valence-electron chi connectivity index (χ3n) is 6.20. The first kappa shape index (κ1) is 27.1. The number of anilines is 2. The molecule has 0 aromatic heterocycles. The Hall–Kier alpha value is -2.92. The summed E-state index contributed by atoms with van der Waals surface area (Å²) in [6, 6.07) is 16.8. The molecule has 8 nitrogen and oxygen atoms in total. The van der Waals surface area contributed by atoms with Crippen molar-refractivity contribution >= 4 is 48.9 Å². The maximum absolute atomic E-state index is 13.2. The molecule has 0 radical (unpaired) electrons. The minimum atomic E-state index is -3.83. The van der Waals surface area contributed by atoms with Gasteiger partial charge in [-0.2, -0.15) is 4.31 Å². The number of aryl methyl sites for hydroxylation is 1. The lowest BCUT2D eigenvalue weighted by atomic mass is 10.2. The number of para-hydroxylation sites is 1. The maximum atomic E-state index is 13.2. The predicted octanol–water partition coefficient (Wildman–Crippen LogP) is 5.27. The van der Waals surface area contributed by atoms with Gasteiger partial charge in [0.25, 0.3) is 15.9 Å². The van der Waals surface area contributed by atoms with Gasteiger partial charge < -0.3 is 5.32 Å². The van der Waals surface area contributed by atoms with Gasteiger partial charge in [0.15, 0.2) is 0 Å². The quantitative estimate of drug-likeness (QED) is 0.408. The number of nitrogens with zero attached hydrogens (tertiary/aromatic N) is 1. The third-order valence-corrected chi connectivity index (χ3v) is 9.80. The molecule has 3 aromatic rings. The molecule has 1 heterocycles. The van der Waals surface area contributed by atoms with Crippen molar-refractivity contribution in [3.63, 3.8) is 0 Å². The van der Waals surface area contributed by atoms with Crippen LogP contribution in [-0.4, -0.2) is 40.1 Å². The summed E-state index contributed by atoms with van der Waals surface area (Å²) in [5.74, 6) is -0.605. The van der Waals surface area contributed by atoms with E-state index in [1.807, 2.05) is 6.07 Å². The first-order valence-electron chi connectivity index (χ1n) is 11.9. The molecule has 0 aliphatic carbocycles. The van der Waals surface area contributed by atoms with Gasteiger partial charge in [0, 0.05) is 18.8 Å². The van der Waals surface area contributed by atoms with E-state index < -0.39 is 26.0 Å². The molecule has 4 rings (SSSR count). The van der Waals surface area contributed by atoms with E-state index in [9.17, 15) is 21.6 Å². The van der Waals surface area contributed by atoms with Gasteiger partial charge in [0.2, 0.25) is 10.0 Å². The first-order chi connectivity index (χ1) is 17.6. The summed E-state index contributed by atoms with van der Waals surface area (Å²) in [6.45, 7) is 2.69. The average molecular weight is 562 g/mol. The van der Waals surface area contributed by atoms with Gasteiger partial charge in [0.05, 0.1) is 26.1 Å². The highest BCUT2D eigenvalue weighted by Crippen LogP contribution is 2.26. The van der Waals surface area contributed by atoms with Gasteiger partial charge in [-0.25, -0.2) is 16.8 Å². The summed E-state index contributed by atoms with van der Waals surface area (Å²) in [7, 11) is -7.59. The van der Waals surface area contributed by atoms with Crippen LogP contribution in [0.25, 0.3) is 0 Å². The van der Waals surface area contributed by atoms with Gasteiger partial charge in [-0.1, -0.05) is 42.6 Å². The minimum absolute atomic E-state index is 0.00710. The summed E-state index contributed by atoms with van der Waals surface area (Å²) in [4.78, 5) is 13.0. The van der Waals surface area contributed by atoms with E-state index in [1.165, 1.54) is 46.8 Å². The van der Waals surface area contributed by atoms with E-state index in [1.54, 1.807) is 25.1 Å². The zero-order valence-corrected chi connectivity index (χ0v) is 22.7. The molecule has 1 fully saturated rings. The van der Waals surface area contributed by atoms with Crippen LogP contribution in [-0.2, 0) is 20.0 Å². The molecule has 0 spiro atoms. The monoisotopic (exact) mass is 561 g/mol. The lowest BCUT2D eigenvalue weighted by Gasteiger charge is -2.20. The fraction of sp³-hybridized carbons (Fsp3) is 0.269. The van der Waals surface area contributed by atoms with Crippen molar-refractivity contribution in [3.05, 3.63) is 82.9 Å². The Morgan fingerprint density at radius 1 is 0.838 bits per heavy atom. The molecule has 196 valence electrons. The smallest absolute Gasteiger partial charge is 0.261 e. The van der Waals surface area contributed by atoms with Crippen LogP contribution in [0.15, 0.2) is 76.5 Å². The fourth-order valence-electron chi connectivity index (χ4n) is 4.08. The fourth-order valence-corrected chi connectivity index (χ4v) is 6.95. The third kappa shape index (κ3) is 6.32. The summed E-state index contributed by atoms with van der Waals surface area (Å²) >= 11 is 6.24. The van der Waals surface area contributed by atoms with Gasteiger partial charge in [0.1, 0.15) is 0 Å². The molecule has 1 saturated heterocycles. The molecule has 1 aliphatic heterocycles. The van der Waals surface area contributed by atoms with Crippen molar-refractivity contribution in [1.82, 2.24) is 4.31 Å². The Kier molecular flexibility index (Phi) is 8.23. The van der Waals surface area contributed by atoms with Crippen molar-refractivity contribution in [2.45, 2.75) is 42.4 Å². The van der Waals surface area contributed by atoms with Crippen LogP contribution in [0.2, 0.25) is 5.02 Å². The number of hydrogen-bond donors (Lipinski definition) is 2. The van der Waals surface area contributed by atoms with Crippen molar-refractivity contribution in [1.29, 1.82) is 0 Å². The zero-order valence-electron chi connectivity index (χ0n) is 20.3. The zero-order chi connectivity index (χ0) is 26.6. The first-order valence-corrected chi connectivity index (χ1v) is 15.2. The molecule has 2 N–H and O–H groups in total. The largest absolute Gasteiger partial charge is 0.322 e. The van der Waals surface area contributed by atoms with Crippen LogP contribution in [0.5, 0.6) is 0 Å². The molecular weight excluding hydrogens is 534 g/mol. The second-order valence-corrected chi connectivity index (χ2v) is 12.9. The highest BCUT2D eigenvalue weighted by atomic mass is 35.5. The van der Waals surface area contributed by atoms with E-state index >= 15 is 0 Å². The van der Waals surface area contributed by atoms with Gasteiger partial charge in [-0.15, -0.1) is 0 Å². The Morgan fingerprint density at radius 3 is 2.11 bits per heavy atom. The highest BCUT2D eigenvalue weighted by Gasteiger charge is 2.27.